The summed E-state index contributed by atoms with van der Waals surface area (Å²) in [5.74, 6) is -0.138. The van der Waals surface area contributed by atoms with Gasteiger partial charge in [0.15, 0.2) is 0 Å². The minimum Gasteiger partial charge on any atom is -0.425 e. The van der Waals surface area contributed by atoms with Crippen LogP contribution < -0.4 is 4.74 Å². The lowest BCUT2D eigenvalue weighted by atomic mass is 10.2. The van der Waals surface area contributed by atoms with Gasteiger partial charge >= 0.3 is 5.97 Å². The minimum absolute atomic E-state index is 0.497. The van der Waals surface area contributed by atoms with Crippen molar-refractivity contribution in [2.45, 2.75) is 6.92 Å². The highest BCUT2D eigenvalue weighted by atomic mass is 16.5. The fraction of sp³-hybridized carbons (Fsp3) is 0.222. The molecule has 0 heterocycles. The lowest BCUT2D eigenvalue weighted by Crippen LogP contribution is -2.12. The Kier molecular flexibility index (Phi) is 2.82. The number of esters is 1. The van der Waals surface area contributed by atoms with Crippen LogP contribution in [0.1, 0.15) is 5.56 Å². The van der Waals surface area contributed by atoms with E-state index in [1.165, 1.54) is 0 Å². The molecule has 0 aliphatic rings. The predicted molar refractivity (Wildman–Crippen MR) is 43.9 cm³/mol. The van der Waals surface area contributed by atoms with Crippen molar-refractivity contribution in [3.05, 3.63) is 29.8 Å². The Morgan fingerprint density at radius 1 is 1.50 bits per heavy atom. The normalized spacial score (nSPS) is 9.50. The van der Waals surface area contributed by atoms with E-state index in [1.54, 1.807) is 12.1 Å². The van der Waals surface area contributed by atoms with Crippen LogP contribution in [0.2, 0.25) is 0 Å². The SMILES string of the molecule is Cc1ccccc1OC(=O)CO. The molecular formula is C9H10O3. The van der Waals surface area contributed by atoms with Crippen LogP contribution in [0, 0.1) is 6.92 Å². The van der Waals surface area contributed by atoms with E-state index < -0.39 is 12.6 Å². The fourth-order valence-corrected chi connectivity index (χ4v) is 0.826. The second-order valence-electron chi connectivity index (χ2n) is 2.40. The summed E-state index contributed by atoms with van der Waals surface area (Å²) in [5.41, 5.74) is 0.874. The van der Waals surface area contributed by atoms with Gasteiger partial charge in [-0.05, 0) is 18.6 Å². The van der Waals surface area contributed by atoms with Crippen LogP contribution in [0.5, 0.6) is 5.75 Å². The lowest BCUT2D eigenvalue weighted by molar-refractivity contribution is -0.137. The summed E-state index contributed by atoms with van der Waals surface area (Å²) >= 11 is 0. The Labute approximate surface area is 70.6 Å². The number of aliphatic hydroxyl groups excluding tert-OH is 1. The number of rotatable bonds is 2. The Morgan fingerprint density at radius 2 is 2.17 bits per heavy atom. The number of hydrogen-bond donors (Lipinski definition) is 1. The summed E-state index contributed by atoms with van der Waals surface area (Å²) in [7, 11) is 0. The van der Waals surface area contributed by atoms with Gasteiger partial charge in [-0.2, -0.15) is 0 Å². The summed E-state index contributed by atoms with van der Waals surface area (Å²) < 4.78 is 4.81. The van der Waals surface area contributed by atoms with Gasteiger partial charge in [0.25, 0.3) is 0 Å². The fourth-order valence-electron chi connectivity index (χ4n) is 0.826. The van der Waals surface area contributed by atoms with Gasteiger partial charge in [0, 0.05) is 0 Å². The minimum atomic E-state index is -0.635. The summed E-state index contributed by atoms with van der Waals surface area (Å²) in [5, 5.41) is 8.41. The Bertz CT molecular complexity index is 281. The van der Waals surface area contributed by atoms with Crippen molar-refractivity contribution in [1.82, 2.24) is 0 Å². The number of para-hydroxylation sites is 1. The molecule has 0 aliphatic heterocycles. The first-order chi connectivity index (χ1) is 5.74. The van der Waals surface area contributed by atoms with E-state index in [0.717, 1.165) is 5.56 Å². The number of carbonyl (C=O) groups is 1. The molecule has 0 spiro atoms. The molecule has 0 aromatic heterocycles. The van der Waals surface area contributed by atoms with E-state index >= 15 is 0 Å². The third kappa shape index (κ3) is 2.07. The average Bonchev–Trinajstić information content (AvgIpc) is 2.09. The molecule has 0 fully saturated rings. The molecule has 1 N–H and O–H groups in total. The molecule has 0 atom stereocenters. The topological polar surface area (TPSA) is 46.5 Å². The third-order valence-corrected chi connectivity index (χ3v) is 1.45. The summed E-state index contributed by atoms with van der Waals surface area (Å²) in [6.07, 6.45) is 0. The molecule has 0 saturated carbocycles. The zero-order chi connectivity index (χ0) is 8.97. The van der Waals surface area contributed by atoms with E-state index in [0.29, 0.717) is 5.75 Å². The van der Waals surface area contributed by atoms with E-state index in [1.807, 2.05) is 19.1 Å². The number of carbonyl (C=O) groups excluding carboxylic acids is 1. The Hall–Kier alpha value is -1.35. The number of benzene rings is 1. The van der Waals surface area contributed by atoms with Gasteiger partial charge in [0.05, 0.1) is 0 Å². The van der Waals surface area contributed by atoms with E-state index in [9.17, 15) is 4.79 Å². The zero-order valence-electron chi connectivity index (χ0n) is 6.78. The van der Waals surface area contributed by atoms with Crippen LogP contribution in [0.25, 0.3) is 0 Å². The molecule has 0 amide bonds. The van der Waals surface area contributed by atoms with Crippen LogP contribution in [0.15, 0.2) is 24.3 Å². The molecule has 12 heavy (non-hydrogen) atoms. The molecule has 0 unspecified atom stereocenters. The van der Waals surface area contributed by atoms with Gasteiger partial charge in [0.2, 0.25) is 0 Å². The highest BCUT2D eigenvalue weighted by Gasteiger charge is 2.03. The first-order valence-electron chi connectivity index (χ1n) is 3.61. The molecule has 64 valence electrons. The van der Waals surface area contributed by atoms with Gasteiger partial charge in [0.1, 0.15) is 12.4 Å². The quantitative estimate of drug-likeness (QED) is 0.524. The van der Waals surface area contributed by atoms with E-state index in [4.69, 9.17) is 9.84 Å². The predicted octanol–water partition coefficient (Wildman–Crippen LogP) is 0.893. The van der Waals surface area contributed by atoms with E-state index in [2.05, 4.69) is 0 Å². The molecule has 3 nitrogen and oxygen atoms in total. The first kappa shape index (κ1) is 8.74. The molecule has 0 radical (unpaired) electrons. The van der Waals surface area contributed by atoms with Crippen LogP contribution in [0.3, 0.4) is 0 Å². The molecule has 1 rings (SSSR count). The summed E-state index contributed by atoms with van der Waals surface area (Å²) in [6.45, 7) is 1.24. The van der Waals surface area contributed by atoms with Gasteiger partial charge in [-0.3, -0.25) is 0 Å². The number of aryl methyl sites for hydroxylation is 1. The van der Waals surface area contributed by atoms with Gasteiger partial charge in [-0.25, -0.2) is 4.79 Å². The first-order valence-corrected chi connectivity index (χ1v) is 3.61. The molecule has 3 heteroatoms. The molecule has 0 saturated heterocycles. The largest absolute Gasteiger partial charge is 0.425 e. The number of aliphatic hydroxyl groups is 1. The lowest BCUT2D eigenvalue weighted by Gasteiger charge is -2.04. The zero-order valence-corrected chi connectivity index (χ0v) is 6.78. The Morgan fingerprint density at radius 3 is 2.75 bits per heavy atom. The maximum absolute atomic E-state index is 10.7. The van der Waals surface area contributed by atoms with Gasteiger partial charge in [-0.15, -0.1) is 0 Å². The van der Waals surface area contributed by atoms with Gasteiger partial charge in [-0.1, -0.05) is 18.2 Å². The molecule has 0 aliphatic carbocycles. The van der Waals surface area contributed by atoms with Crippen molar-refractivity contribution >= 4 is 5.97 Å². The smallest absolute Gasteiger partial charge is 0.337 e. The van der Waals surface area contributed by atoms with Crippen LogP contribution in [-0.2, 0) is 4.79 Å². The monoisotopic (exact) mass is 166 g/mol. The molecule has 1 aromatic rings. The molecular weight excluding hydrogens is 156 g/mol. The number of ether oxygens (including phenoxy) is 1. The third-order valence-electron chi connectivity index (χ3n) is 1.45. The van der Waals surface area contributed by atoms with Crippen molar-refractivity contribution in [3.8, 4) is 5.75 Å². The maximum atomic E-state index is 10.7. The second kappa shape index (κ2) is 3.88. The van der Waals surface area contributed by atoms with Crippen LogP contribution in [-0.4, -0.2) is 17.7 Å². The second-order valence-corrected chi connectivity index (χ2v) is 2.40. The molecule has 0 bridgehead atoms. The van der Waals surface area contributed by atoms with Crippen molar-refractivity contribution in [2.75, 3.05) is 6.61 Å². The summed E-state index contributed by atoms with van der Waals surface area (Å²) in [6, 6.07) is 7.14. The highest BCUT2D eigenvalue weighted by Crippen LogP contribution is 2.15. The molecule has 1 aromatic carbocycles. The number of hydrogen-bond acceptors (Lipinski definition) is 3. The standard InChI is InChI=1S/C9H10O3/c1-7-4-2-3-5-8(7)12-9(11)6-10/h2-5,10H,6H2,1H3. The van der Waals surface area contributed by atoms with Gasteiger partial charge < -0.3 is 9.84 Å². The summed E-state index contributed by atoms with van der Waals surface area (Å²) in [4.78, 5) is 10.7. The van der Waals surface area contributed by atoms with E-state index in [-0.39, 0.29) is 0 Å². The van der Waals surface area contributed by atoms with Crippen molar-refractivity contribution in [1.29, 1.82) is 0 Å². The maximum Gasteiger partial charge on any atom is 0.337 e. The van der Waals surface area contributed by atoms with Crippen LogP contribution >= 0.6 is 0 Å². The van der Waals surface area contributed by atoms with Crippen molar-refractivity contribution in [3.63, 3.8) is 0 Å². The highest BCUT2D eigenvalue weighted by molar-refractivity contribution is 5.73. The Balaban J connectivity index is 2.75. The van der Waals surface area contributed by atoms with Crippen molar-refractivity contribution in [2.24, 2.45) is 0 Å². The average molecular weight is 166 g/mol. The van der Waals surface area contributed by atoms with Crippen molar-refractivity contribution < 1.29 is 14.6 Å². The van der Waals surface area contributed by atoms with Crippen LogP contribution in [0.4, 0.5) is 0 Å².